The Morgan fingerprint density at radius 3 is 1.29 bits per heavy atom. The third kappa shape index (κ3) is 73.6. The van der Waals surface area contributed by atoms with E-state index in [0.29, 0.717) is 0 Å². The molecule has 7 heavy (non-hydrogen) atoms. The molecule has 0 aliphatic carbocycles. The van der Waals surface area contributed by atoms with Crippen molar-refractivity contribution in [2.75, 3.05) is 0 Å². The van der Waals surface area contributed by atoms with Gasteiger partial charge >= 0.3 is 59.3 Å². The molecule has 7 heteroatoms. The van der Waals surface area contributed by atoms with Crippen LogP contribution < -0.4 is 0 Å². The minimum Gasteiger partial charge on any atom is -1.00 e. The smallest absolute Gasteiger partial charge is 1.00 e. The molecule has 0 rings (SSSR count). The van der Waals surface area contributed by atoms with Crippen molar-refractivity contribution in [2.24, 2.45) is 0 Å². The van der Waals surface area contributed by atoms with E-state index < -0.39 is 10.4 Å². The minimum atomic E-state index is -4.67. The predicted octanol–water partition coefficient (Wildman–Crippen LogP) is -0.811. The molecule has 0 heterocycles. The molecule has 0 aromatic carbocycles. The largest absolute Gasteiger partial charge is 2.00 e. The van der Waals surface area contributed by atoms with Crippen LogP contribution in [0.1, 0.15) is 2.85 Å². The van der Waals surface area contributed by atoms with Gasteiger partial charge in [0.1, 0.15) is 0 Å². The summed E-state index contributed by atoms with van der Waals surface area (Å²) in [6, 6.07) is 0. The van der Waals surface area contributed by atoms with Crippen LogP contribution >= 0.6 is 0 Å². The van der Waals surface area contributed by atoms with Gasteiger partial charge in [-0.15, -0.1) is 0 Å². The van der Waals surface area contributed by atoms with E-state index in [0.717, 1.165) is 0 Å². The van der Waals surface area contributed by atoms with Crippen molar-refractivity contribution in [3.63, 3.8) is 0 Å². The minimum absolute atomic E-state index is 0. The summed E-state index contributed by atoms with van der Waals surface area (Å²) in [4.78, 5) is 0. The zero-order valence-corrected chi connectivity index (χ0v) is 9.64. The summed E-state index contributed by atoms with van der Waals surface area (Å²) in [6.07, 6.45) is 0. The molecule has 0 aromatic rings. The average molecular weight is 292 g/mol. The molecule has 0 atom stereocenters. The summed E-state index contributed by atoms with van der Waals surface area (Å²) in [5.41, 5.74) is 0. The monoisotopic (exact) mass is 293 g/mol. The van der Waals surface area contributed by atoms with Crippen LogP contribution in [0.4, 0.5) is 0 Å². The van der Waals surface area contributed by atoms with E-state index >= 15 is 0 Å². The van der Waals surface area contributed by atoms with Crippen LogP contribution in [0.2, 0.25) is 0 Å². The molecule has 0 fully saturated rings. The van der Waals surface area contributed by atoms with Gasteiger partial charge in [-0.25, -0.2) is 0 Å². The Hall–Kier alpha value is 1.96. The molecular weight excluding hydrogens is 288 g/mol. The van der Waals surface area contributed by atoms with E-state index in [1.165, 1.54) is 0 Å². The Morgan fingerprint density at radius 1 is 1.29 bits per heavy atom. The molecule has 0 amide bonds. The first-order valence-corrected chi connectivity index (χ1v) is 2.10. The van der Waals surface area contributed by atoms with Gasteiger partial charge in [-0.05, 0) is 0 Å². The molecule has 43 valence electrons. The molecule has 4 nitrogen and oxygen atoms in total. The maximum absolute atomic E-state index is 8.74. The van der Waals surface area contributed by atoms with Gasteiger partial charge in [-0.1, -0.05) is 0 Å². The fourth-order valence-corrected chi connectivity index (χ4v) is 0. The van der Waals surface area contributed by atoms with Crippen LogP contribution in [0.5, 0.6) is 0 Å². The van der Waals surface area contributed by atoms with Crippen molar-refractivity contribution < 1.29 is 37.4 Å². The molecule has 0 saturated carbocycles. The Morgan fingerprint density at radius 2 is 1.29 bits per heavy atom. The standard InChI is InChI=1S/Ba.Mn.H2O4S.2H/c;;1-5(2,3)4;;/h;;(H2,1,2,3,4);;/q+2;;;2*-1. The maximum atomic E-state index is 8.74. The molecule has 2 N–H and O–H groups in total. The second-order valence-electron chi connectivity index (χ2n) is 0.448. The summed E-state index contributed by atoms with van der Waals surface area (Å²) in [5, 5.41) is 0. The Balaban J connectivity index is -0.0000000133. The molecule has 0 bridgehead atoms. The van der Waals surface area contributed by atoms with Gasteiger partial charge in [0.25, 0.3) is 0 Å². The van der Waals surface area contributed by atoms with Crippen LogP contribution in [-0.4, -0.2) is 66.4 Å². The normalized spacial score (nSPS) is 8.29. The van der Waals surface area contributed by atoms with Gasteiger partial charge in [0.05, 0.1) is 0 Å². The Kier molecular flexibility index (Phi) is 13.9. The molecular formula is H4BaMnO4S. The first-order valence-electron chi connectivity index (χ1n) is 0.698. The molecule has 0 spiro atoms. The van der Waals surface area contributed by atoms with Gasteiger partial charge in [-0.3, -0.25) is 9.11 Å². The second-order valence-corrected chi connectivity index (χ2v) is 1.34. The molecule has 0 aliphatic rings. The van der Waals surface area contributed by atoms with Crippen molar-refractivity contribution in [3.05, 3.63) is 0 Å². The van der Waals surface area contributed by atoms with Gasteiger partial charge in [0, 0.05) is 17.1 Å². The van der Waals surface area contributed by atoms with Crippen molar-refractivity contribution in [1.29, 1.82) is 0 Å². The summed E-state index contributed by atoms with van der Waals surface area (Å²) in [6.45, 7) is 0. The van der Waals surface area contributed by atoms with E-state index in [4.69, 9.17) is 17.5 Å². The molecule has 0 aliphatic heterocycles. The first-order chi connectivity index (χ1) is 2.00. The summed E-state index contributed by atoms with van der Waals surface area (Å²) in [7, 11) is -4.67. The predicted molar refractivity (Wildman–Crippen MR) is 22.2 cm³/mol. The van der Waals surface area contributed by atoms with E-state index in [9.17, 15) is 0 Å². The van der Waals surface area contributed by atoms with Gasteiger partial charge in [0.2, 0.25) is 0 Å². The SMILES string of the molecule is O=S(=O)(O)O.[Ba+2].[H-].[H-].[Mn]. The zero-order chi connectivity index (χ0) is 4.50. The van der Waals surface area contributed by atoms with Gasteiger partial charge in [0.15, 0.2) is 0 Å². The van der Waals surface area contributed by atoms with Crippen LogP contribution in [0, 0.1) is 0 Å². The third-order valence-corrected chi connectivity index (χ3v) is 0. The van der Waals surface area contributed by atoms with E-state index in [2.05, 4.69) is 0 Å². The second kappa shape index (κ2) is 6.09. The number of rotatable bonds is 0. The van der Waals surface area contributed by atoms with E-state index in [-0.39, 0.29) is 68.8 Å². The van der Waals surface area contributed by atoms with Crippen molar-refractivity contribution in [3.8, 4) is 0 Å². The zero-order valence-electron chi connectivity index (χ0n) is 5.20. The summed E-state index contributed by atoms with van der Waals surface area (Å²) in [5.74, 6) is 0. The topological polar surface area (TPSA) is 74.6 Å². The van der Waals surface area contributed by atoms with Crippen LogP contribution in [-0.2, 0) is 27.5 Å². The van der Waals surface area contributed by atoms with Crippen molar-refractivity contribution in [1.82, 2.24) is 0 Å². The van der Waals surface area contributed by atoms with Crippen LogP contribution in [0.15, 0.2) is 0 Å². The Bertz CT molecular complexity index is 102. The number of hydrogen-bond donors (Lipinski definition) is 2. The summed E-state index contributed by atoms with van der Waals surface area (Å²) >= 11 is 0. The summed E-state index contributed by atoms with van der Waals surface area (Å²) < 4.78 is 31.6. The average Bonchev–Trinajstić information content (AvgIpc) is 0.722. The van der Waals surface area contributed by atoms with Gasteiger partial charge in [-0.2, -0.15) is 8.42 Å². The first kappa shape index (κ1) is 16.0. The molecule has 1 radical (unpaired) electrons. The molecule has 0 unspecified atom stereocenters. The van der Waals surface area contributed by atoms with Crippen LogP contribution in [0.3, 0.4) is 0 Å². The van der Waals surface area contributed by atoms with Crippen LogP contribution in [0.25, 0.3) is 0 Å². The van der Waals surface area contributed by atoms with E-state index in [1.54, 1.807) is 0 Å². The van der Waals surface area contributed by atoms with Gasteiger partial charge < -0.3 is 2.85 Å². The Labute approximate surface area is 95.1 Å². The number of hydrogen-bond acceptors (Lipinski definition) is 2. The fourth-order valence-electron chi connectivity index (χ4n) is 0. The molecule has 0 aromatic heterocycles. The quantitative estimate of drug-likeness (QED) is 0.452. The van der Waals surface area contributed by atoms with Crippen molar-refractivity contribution >= 4 is 59.3 Å². The maximum Gasteiger partial charge on any atom is 2.00 e. The molecule has 0 saturated heterocycles. The third-order valence-electron chi connectivity index (χ3n) is 0. The fraction of sp³-hybridized carbons (Fsp3) is 0. The van der Waals surface area contributed by atoms with Crippen molar-refractivity contribution in [2.45, 2.75) is 0 Å². The van der Waals surface area contributed by atoms with E-state index in [1.807, 2.05) is 0 Å².